The van der Waals surface area contributed by atoms with Crippen molar-refractivity contribution in [3.8, 4) is 5.75 Å². The summed E-state index contributed by atoms with van der Waals surface area (Å²) in [5.41, 5.74) is 3.81. The number of aliphatic hydroxyl groups is 1. The largest absolute Gasteiger partial charge is 0.491 e. The highest BCUT2D eigenvalue weighted by Gasteiger charge is 2.19. The number of imidazole rings is 1. The van der Waals surface area contributed by atoms with Crippen molar-refractivity contribution in [2.24, 2.45) is 7.05 Å². The predicted octanol–water partition coefficient (Wildman–Crippen LogP) is 2.49. The molecule has 1 amide bonds. The van der Waals surface area contributed by atoms with Crippen LogP contribution in [0.4, 0.5) is 5.69 Å². The van der Waals surface area contributed by atoms with Crippen molar-refractivity contribution in [1.82, 2.24) is 14.5 Å². The molecule has 162 valence electrons. The molecule has 1 atom stereocenters. The number of aromatic nitrogens is 2. The topological polar surface area (TPSA) is 70.8 Å². The van der Waals surface area contributed by atoms with Gasteiger partial charge in [-0.2, -0.15) is 0 Å². The molecule has 0 aliphatic carbocycles. The normalized spacial score (nSPS) is 14.7. The van der Waals surface area contributed by atoms with E-state index in [2.05, 4.69) is 34.1 Å². The molecule has 0 radical (unpaired) electrons. The van der Waals surface area contributed by atoms with Crippen LogP contribution in [0.2, 0.25) is 0 Å². The SMILES string of the molecule is CN(C(=O)c1cn(C)cn1)c1cccc(OCC(O)CN2CCc3ccccc3C2)c1. The van der Waals surface area contributed by atoms with Crippen LogP contribution in [-0.4, -0.2) is 58.3 Å². The molecule has 0 spiro atoms. The second-order valence-corrected chi connectivity index (χ2v) is 8.00. The molecular formula is C24H28N4O3. The van der Waals surface area contributed by atoms with Gasteiger partial charge in [0.05, 0.1) is 6.33 Å². The number of nitrogens with zero attached hydrogens (tertiary/aromatic N) is 4. The average molecular weight is 421 g/mol. The monoisotopic (exact) mass is 420 g/mol. The van der Waals surface area contributed by atoms with E-state index in [4.69, 9.17) is 4.74 Å². The molecule has 4 rings (SSSR count). The fraction of sp³-hybridized carbons (Fsp3) is 0.333. The van der Waals surface area contributed by atoms with Crippen LogP contribution in [0.5, 0.6) is 5.75 Å². The quantitative estimate of drug-likeness (QED) is 0.636. The minimum Gasteiger partial charge on any atom is -0.491 e. The minimum atomic E-state index is -0.596. The van der Waals surface area contributed by atoms with Crippen molar-refractivity contribution >= 4 is 11.6 Å². The number of rotatable bonds is 7. The van der Waals surface area contributed by atoms with E-state index in [1.54, 1.807) is 30.2 Å². The second-order valence-electron chi connectivity index (χ2n) is 8.00. The lowest BCUT2D eigenvalue weighted by Crippen LogP contribution is -2.38. The molecule has 7 heteroatoms. The maximum absolute atomic E-state index is 12.6. The number of fused-ring (bicyclic) bond motifs is 1. The molecule has 0 saturated heterocycles. The van der Waals surface area contributed by atoms with Gasteiger partial charge in [-0.1, -0.05) is 30.3 Å². The molecule has 2 aromatic carbocycles. The Kier molecular flexibility index (Phi) is 6.34. The van der Waals surface area contributed by atoms with E-state index in [1.807, 2.05) is 25.2 Å². The summed E-state index contributed by atoms with van der Waals surface area (Å²) >= 11 is 0. The number of hydrogen-bond donors (Lipinski definition) is 1. The molecule has 1 aliphatic heterocycles. The summed E-state index contributed by atoms with van der Waals surface area (Å²) in [6.07, 6.45) is 3.70. The van der Waals surface area contributed by atoms with Crippen LogP contribution in [0.1, 0.15) is 21.6 Å². The number of carbonyl (C=O) groups excluding carboxylic acids is 1. The van der Waals surface area contributed by atoms with E-state index in [9.17, 15) is 9.90 Å². The number of amides is 1. The maximum atomic E-state index is 12.6. The number of β-amino-alcohol motifs (C(OH)–C–C–N with tert-alkyl or cyclic N) is 1. The minimum absolute atomic E-state index is 0.192. The molecule has 0 saturated carbocycles. The fourth-order valence-electron chi connectivity index (χ4n) is 3.85. The second kappa shape index (κ2) is 9.32. The third-order valence-corrected chi connectivity index (χ3v) is 5.55. The van der Waals surface area contributed by atoms with Gasteiger partial charge in [0.15, 0.2) is 0 Å². The average Bonchev–Trinajstić information content (AvgIpc) is 3.23. The van der Waals surface area contributed by atoms with E-state index in [1.165, 1.54) is 16.0 Å². The lowest BCUT2D eigenvalue weighted by Gasteiger charge is -2.30. The highest BCUT2D eigenvalue weighted by atomic mass is 16.5. The zero-order chi connectivity index (χ0) is 21.8. The maximum Gasteiger partial charge on any atom is 0.278 e. The summed E-state index contributed by atoms with van der Waals surface area (Å²) in [5.74, 6) is 0.421. The molecule has 3 aromatic rings. The van der Waals surface area contributed by atoms with Gasteiger partial charge in [-0.05, 0) is 29.7 Å². The zero-order valence-corrected chi connectivity index (χ0v) is 17.9. The van der Waals surface area contributed by atoms with Crippen molar-refractivity contribution in [3.63, 3.8) is 0 Å². The van der Waals surface area contributed by atoms with Crippen LogP contribution < -0.4 is 9.64 Å². The number of anilines is 1. The summed E-state index contributed by atoms with van der Waals surface area (Å²) in [6, 6.07) is 15.8. The standard InChI is InChI=1S/C24H28N4O3/c1-26-15-23(25-17-26)24(30)27(2)20-8-5-9-22(12-20)31-16-21(29)14-28-11-10-18-6-3-4-7-19(18)13-28/h3-9,12,15,17,21,29H,10-11,13-14,16H2,1-2H3. The highest BCUT2D eigenvalue weighted by Crippen LogP contribution is 2.22. The van der Waals surface area contributed by atoms with E-state index in [-0.39, 0.29) is 12.5 Å². The third kappa shape index (κ3) is 5.13. The first kappa shape index (κ1) is 21.1. The Morgan fingerprint density at radius 1 is 1.23 bits per heavy atom. The number of benzene rings is 2. The molecule has 1 N–H and O–H groups in total. The van der Waals surface area contributed by atoms with Gasteiger partial charge in [-0.15, -0.1) is 0 Å². The van der Waals surface area contributed by atoms with Crippen molar-refractivity contribution in [1.29, 1.82) is 0 Å². The summed E-state index contributed by atoms with van der Waals surface area (Å²) in [6.45, 7) is 2.54. The first-order valence-electron chi connectivity index (χ1n) is 10.5. The van der Waals surface area contributed by atoms with Crippen molar-refractivity contribution in [3.05, 3.63) is 77.9 Å². The lowest BCUT2D eigenvalue weighted by atomic mass is 10.00. The van der Waals surface area contributed by atoms with E-state index in [0.29, 0.717) is 23.7 Å². The molecule has 2 heterocycles. The first-order chi connectivity index (χ1) is 15.0. The van der Waals surface area contributed by atoms with Crippen molar-refractivity contribution in [2.75, 3.05) is 31.6 Å². The van der Waals surface area contributed by atoms with Gasteiger partial charge in [0.1, 0.15) is 24.2 Å². The Balaban J connectivity index is 1.31. The van der Waals surface area contributed by atoms with Crippen molar-refractivity contribution in [2.45, 2.75) is 19.1 Å². The van der Waals surface area contributed by atoms with E-state index in [0.717, 1.165) is 19.5 Å². The van der Waals surface area contributed by atoms with Gasteiger partial charge in [0.2, 0.25) is 0 Å². The summed E-state index contributed by atoms with van der Waals surface area (Å²) in [4.78, 5) is 20.5. The Labute approximate surface area is 182 Å². The Morgan fingerprint density at radius 3 is 2.81 bits per heavy atom. The van der Waals surface area contributed by atoms with Crippen LogP contribution in [0.25, 0.3) is 0 Å². The molecule has 1 aliphatic rings. The Morgan fingerprint density at radius 2 is 2.03 bits per heavy atom. The molecule has 1 aromatic heterocycles. The summed E-state index contributed by atoms with van der Waals surface area (Å²) < 4.78 is 7.56. The molecular weight excluding hydrogens is 392 g/mol. The number of hydrogen-bond acceptors (Lipinski definition) is 5. The van der Waals surface area contributed by atoms with Crippen LogP contribution in [0.15, 0.2) is 61.1 Å². The zero-order valence-electron chi connectivity index (χ0n) is 17.9. The number of ether oxygens (including phenoxy) is 1. The van der Waals surface area contributed by atoms with E-state index >= 15 is 0 Å². The number of aliphatic hydroxyl groups excluding tert-OH is 1. The van der Waals surface area contributed by atoms with E-state index < -0.39 is 6.10 Å². The third-order valence-electron chi connectivity index (χ3n) is 5.55. The van der Waals surface area contributed by atoms with Gasteiger partial charge in [0.25, 0.3) is 5.91 Å². The molecule has 0 fully saturated rings. The predicted molar refractivity (Wildman–Crippen MR) is 119 cm³/mol. The van der Waals surface area contributed by atoms with Gasteiger partial charge < -0.3 is 19.3 Å². The van der Waals surface area contributed by atoms with Crippen LogP contribution in [0, 0.1) is 0 Å². The van der Waals surface area contributed by atoms with Crippen LogP contribution in [0.3, 0.4) is 0 Å². The Hall–Kier alpha value is -3.16. The lowest BCUT2D eigenvalue weighted by molar-refractivity contribution is 0.0638. The van der Waals surface area contributed by atoms with Gasteiger partial charge in [-0.3, -0.25) is 9.69 Å². The Bertz CT molecular complexity index is 1050. The highest BCUT2D eigenvalue weighted by molar-refractivity contribution is 6.04. The van der Waals surface area contributed by atoms with Gasteiger partial charge >= 0.3 is 0 Å². The smallest absolute Gasteiger partial charge is 0.278 e. The van der Waals surface area contributed by atoms with Crippen molar-refractivity contribution < 1.29 is 14.6 Å². The molecule has 31 heavy (non-hydrogen) atoms. The molecule has 1 unspecified atom stereocenters. The van der Waals surface area contributed by atoms with Gasteiger partial charge in [0, 0.05) is 51.7 Å². The van der Waals surface area contributed by atoms with Crippen LogP contribution in [-0.2, 0) is 20.0 Å². The summed E-state index contributed by atoms with van der Waals surface area (Å²) in [5, 5.41) is 10.5. The molecule has 0 bridgehead atoms. The number of carbonyl (C=O) groups is 1. The first-order valence-corrected chi connectivity index (χ1v) is 10.5. The van der Waals surface area contributed by atoms with Crippen LogP contribution >= 0.6 is 0 Å². The molecule has 7 nitrogen and oxygen atoms in total. The van der Waals surface area contributed by atoms with Gasteiger partial charge in [-0.25, -0.2) is 4.98 Å². The fourth-order valence-corrected chi connectivity index (χ4v) is 3.85. The number of aryl methyl sites for hydroxylation is 1. The summed E-state index contributed by atoms with van der Waals surface area (Å²) in [7, 11) is 3.53.